The predicted molar refractivity (Wildman–Crippen MR) is 144 cm³/mol. The Bertz CT molecular complexity index is 1770. The Labute approximate surface area is 231 Å². The Morgan fingerprint density at radius 1 is 1.17 bits per heavy atom. The standard InChI is InChI=1S/C26H27F2N9O4/c1-13(38)9-36-23(40)20-21(34(3)25(36)41)31-12-37(20)14(2)22(39)33-19-6-4-5-18(32-19)15-7-29-24(30-8-15)35-10-16-17(11-35)26(16,27)28/h4-8,12,14,16-17,22,39H,9-11H2,1-3H3,(H,32,33)/t14-,16?,17?,22?/m0/s1. The molecule has 1 saturated heterocycles. The molecule has 13 nitrogen and oxygen atoms in total. The summed E-state index contributed by atoms with van der Waals surface area (Å²) in [5.74, 6) is -3.46. The second-order valence-corrected chi connectivity index (χ2v) is 10.6. The van der Waals surface area contributed by atoms with Crippen molar-refractivity contribution >= 4 is 28.7 Å². The van der Waals surface area contributed by atoms with E-state index in [1.807, 2.05) is 0 Å². The first-order valence-corrected chi connectivity index (χ1v) is 13.0. The zero-order chi connectivity index (χ0) is 29.2. The van der Waals surface area contributed by atoms with Crippen molar-refractivity contribution in [2.75, 3.05) is 23.3 Å². The lowest BCUT2D eigenvalue weighted by Crippen LogP contribution is -2.41. The first-order valence-electron chi connectivity index (χ1n) is 13.0. The maximum atomic E-state index is 13.5. The molecule has 0 bridgehead atoms. The molecule has 15 heteroatoms. The van der Waals surface area contributed by atoms with E-state index >= 15 is 0 Å². The van der Waals surface area contributed by atoms with Crippen molar-refractivity contribution in [2.24, 2.45) is 18.9 Å². The Morgan fingerprint density at radius 2 is 1.85 bits per heavy atom. The second-order valence-electron chi connectivity index (χ2n) is 10.6. The van der Waals surface area contributed by atoms with E-state index in [0.29, 0.717) is 23.0 Å². The van der Waals surface area contributed by atoms with Gasteiger partial charge in [-0.3, -0.25) is 18.7 Å². The van der Waals surface area contributed by atoms with E-state index in [-0.39, 0.29) is 36.6 Å². The number of halogens is 2. The Hall–Kier alpha value is -4.53. The number of Topliss-reactive ketones (excluding diaryl/α,β-unsaturated/α-hetero) is 1. The largest absolute Gasteiger partial charge is 0.372 e. The van der Waals surface area contributed by atoms with Gasteiger partial charge >= 0.3 is 5.69 Å². The number of pyridine rings is 1. The van der Waals surface area contributed by atoms with Gasteiger partial charge in [0.25, 0.3) is 11.5 Å². The van der Waals surface area contributed by atoms with Crippen LogP contribution in [0, 0.1) is 11.8 Å². The lowest BCUT2D eigenvalue weighted by molar-refractivity contribution is -0.117. The van der Waals surface area contributed by atoms with Crippen LogP contribution in [-0.2, 0) is 18.4 Å². The summed E-state index contributed by atoms with van der Waals surface area (Å²) >= 11 is 0. The van der Waals surface area contributed by atoms with E-state index in [4.69, 9.17) is 0 Å². The fraction of sp³-hybridized carbons (Fsp3) is 0.423. The molecule has 41 heavy (non-hydrogen) atoms. The minimum absolute atomic E-state index is 0.0691. The third-order valence-electron chi connectivity index (χ3n) is 7.80. The first kappa shape index (κ1) is 26.7. The van der Waals surface area contributed by atoms with Gasteiger partial charge in [-0.05, 0) is 26.0 Å². The third-order valence-corrected chi connectivity index (χ3v) is 7.80. The van der Waals surface area contributed by atoms with Crippen LogP contribution in [0.5, 0.6) is 0 Å². The number of alkyl halides is 2. The summed E-state index contributed by atoms with van der Waals surface area (Å²) in [7, 11) is 1.45. The van der Waals surface area contributed by atoms with Crippen LogP contribution >= 0.6 is 0 Å². The molecular weight excluding hydrogens is 540 g/mol. The number of carbonyl (C=O) groups is 1. The second kappa shape index (κ2) is 9.54. The molecule has 0 aromatic carbocycles. The molecule has 2 aliphatic rings. The number of fused-ring (bicyclic) bond motifs is 2. The molecule has 2 fully saturated rings. The highest BCUT2D eigenvalue weighted by Gasteiger charge is 2.72. The number of nitrogens with one attached hydrogen (secondary N) is 1. The summed E-state index contributed by atoms with van der Waals surface area (Å²) in [4.78, 5) is 56.5. The maximum Gasteiger partial charge on any atom is 0.332 e. The van der Waals surface area contributed by atoms with Crippen molar-refractivity contribution in [3.8, 4) is 11.3 Å². The van der Waals surface area contributed by atoms with Gasteiger partial charge in [-0.25, -0.2) is 33.5 Å². The quantitative estimate of drug-likeness (QED) is 0.295. The molecule has 4 aromatic rings. The lowest BCUT2D eigenvalue weighted by atomic mass is 10.2. The topological polar surface area (TPSA) is 153 Å². The molecule has 6 rings (SSSR count). The average Bonchev–Trinajstić information content (AvgIpc) is 3.38. The molecule has 1 saturated carbocycles. The van der Waals surface area contributed by atoms with Gasteiger partial charge in [0, 0.05) is 38.1 Å². The van der Waals surface area contributed by atoms with Crippen LogP contribution in [0.4, 0.5) is 20.5 Å². The minimum atomic E-state index is -2.58. The zero-order valence-electron chi connectivity index (χ0n) is 22.4. The van der Waals surface area contributed by atoms with E-state index in [2.05, 4.69) is 25.3 Å². The SMILES string of the molecule is CC(=O)Cn1c(=O)c2c(ncn2[C@@H](C)C(O)Nc2cccc(-c3cnc(N4CC5C(C4)C5(F)F)nc3)n2)n(C)c1=O. The number of piperidine rings is 1. The van der Waals surface area contributed by atoms with E-state index in [0.717, 1.165) is 4.57 Å². The fourth-order valence-corrected chi connectivity index (χ4v) is 5.35. The van der Waals surface area contributed by atoms with Crippen LogP contribution in [0.1, 0.15) is 19.9 Å². The Kier molecular flexibility index (Phi) is 6.21. The highest BCUT2D eigenvalue weighted by Crippen LogP contribution is 2.59. The molecule has 0 amide bonds. The third kappa shape index (κ3) is 4.45. The van der Waals surface area contributed by atoms with Crippen molar-refractivity contribution in [1.29, 1.82) is 0 Å². The Balaban J connectivity index is 1.20. The number of imidazole rings is 1. The van der Waals surface area contributed by atoms with E-state index in [1.54, 1.807) is 42.4 Å². The highest BCUT2D eigenvalue weighted by molar-refractivity contribution is 5.76. The van der Waals surface area contributed by atoms with Crippen LogP contribution in [0.2, 0.25) is 0 Å². The summed E-state index contributed by atoms with van der Waals surface area (Å²) < 4.78 is 30.5. The van der Waals surface area contributed by atoms with Crippen molar-refractivity contribution in [3.63, 3.8) is 0 Å². The molecule has 4 aromatic heterocycles. The van der Waals surface area contributed by atoms with Crippen LogP contribution in [-0.4, -0.2) is 69.8 Å². The molecule has 0 radical (unpaired) electrons. The predicted octanol–water partition coefficient (Wildman–Crippen LogP) is 1.03. The van der Waals surface area contributed by atoms with Gasteiger partial charge in [0.05, 0.1) is 36.4 Å². The van der Waals surface area contributed by atoms with Gasteiger partial charge in [-0.1, -0.05) is 6.07 Å². The lowest BCUT2D eigenvalue weighted by Gasteiger charge is -2.22. The van der Waals surface area contributed by atoms with Crippen molar-refractivity contribution < 1.29 is 18.7 Å². The van der Waals surface area contributed by atoms with Crippen molar-refractivity contribution in [2.45, 2.75) is 38.6 Å². The summed E-state index contributed by atoms with van der Waals surface area (Å²) in [6.45, 7) is 3.03. The van der Waals surface area contributed by atoms with Crippen LogP contribution in [0.25, 0.3) is 22.4 Å². The number of nitrogens with zero attached hydrogens (tertiary/aromatic N) is 8. The number of ketones is 1. The van der Waals surface area contributed by atoms with Crippen molar-refractivity contribution in [3.05, 3.63) is 57.8 Å². The minimum Gasteiger partial charge on any atom is -0.372 e. The fourth-order valence-electron chi connectivity index (χ4n) is 5.35. The number of hydrogen-bond donors (Lipinski definition) is 2. The summed E-state index contributed by atoms with van der Waals surface area (Å²) in [6.07, 6.45) is 3.27. The number of aliphatic hydroxyl groups is 1. The van der Waals surface area contributed by atoms with Gasteiger partial charge in [-0.2, -0.15) is 0 Å². The van der Waals surface area contributed by atoms with E-state index in [1.165, 1.54) is 29.4 Å². The average molecular weight is 568 g/mol. The molecule has 0 spiro atoms. The molecule has 1 aliphatic carbocycles. The molecule has 3 unspecified atom stereocenters. The Morgan fingerprint density at radius 3 is 2.51 bits per heavy atom. The normalized spacial score (nSPS) is 20.6. The van der Waals surface area contributed by atoms with Gasteiger partial charge in [-0.15, -0.1) is 0 Å². The molecule has 214 valence electrons. The van der Waals surface area contributed by atoms with Crippen molar-refractivity contribution in [1.82, 2.24) is 33.6 Å². The summed E-state index contributed by atoms with van der Waals surface area (Å²) in [5.41, 5.74) is -0.0275. The van der Waals surface area contributed by atoms with Gasteiger partial charge in [0.2, 0.25) is 5.95 Å². The summed E-state index contributed by atoms with van der Waals surface area (Å²) in [5, 5.41) is 13.9. The number of aryl methyl sites for hydroxylation is 1. The molecule has 5 heterocycles. The van der Waals surface area contributed by atoms with E-state index in [9.17, 15) is 28.3 Å². The van der Waals surface area contributed by atoms with Crippen LogP contribution < -0.4 is 21.5 Å². The molecule has 1 aliphatic heterocycles. The van der Waals surface area contributed by atoms with Gasteiger partial charge in [0.1, 0.15) is 17.8 Å². The number of anilines is 2. The van der Waals surface area contributed by atoms with Gasteiger partial charge in [0.15, 0.2) is 11.2 Å². The number of rotatable bonds is 8. The number of aliphatic hydroxyl groups excluding tert-OH is 1. The highest BCUT2D eigenvalue weighted by atomic mass is 19.3. The smallest absolute Gasteiger partial charge is 0.332 e. The zero-order valence-corrected chi connectivity index (χ0v) is 22.4. The summed E-state index contributed by atoms with van der Waals surface area (Å²) in [6, 6.07) is 4.39. The molecule has 4 atom stereocenters. The molecular formula is C26H27F2N9O4. The van der Waals surface area contributed by atoms with Crippen LogP contribution in [0.3, 0.4) is 0 Å². The van der Waals surface area contributed by atoms with Gasteiger partial charge < -0.3 is 19.9 Å². The molecule has 2 N–H and O–H groups in total. The maximum absolute atomic E-state index is 13.5. The number of carbonyl (C=O) groups excluding carboxylic acids is 1. The van der Waals surface area contributed by atoms with E-state index < -0.39 is 41.3 Å². The number of aromatic nitrogens is 7. The number of hydrogen-bond acceptors (Lipinski definition) is 10. The monoisotopic (exact) mass is 567 g/mol. The van der Waals surface area contributed by atoms with Crippen LogP contribution in [0.15, 0.2) is 46.5 Å². The first-order chi connectivity index (χ1) is 19.5.